The molecule has 1 heterocycles. The van der Waals surface area contributed by atoms with Crippen LogP contribution in [0.2, 0.25) is 0 Å². The number of nitrogens with zero attached hydrogens (tertiary/aromatic N) is 1. The first kappa shape index (κ1) is 12.0. The van der Waals surface area contributed by atoms with Gasteiger partial charge in [0.05, 0.1) is 5.97 Å². The number of aromatic nitrogens is 2. The summed E-state index contributed by atoms with van der Waals surface area (Å²) in [6, 6.07) is 0. The number of H-pyrrole nitrogens is 1. The minimum atomic E-state index is -1.24. The Hall–Kier alpha value is 0.0300. The van der Waals surface area contributed by atoms with Gasteiger partial charge in [-0.1, -0.05) is 11.8 Å². The van der Waals surface area contributed by atoms with Gasteiger partial charge in [0.25, 0.3) is 0 Å². The molecule has 0 fully saturated rings. The number of imidazole rings is 1. The molecule has 0 radical (unpaired) electrons. The van der Waals surface area contributed by atoms with Gasteiger partial charge in [0.2, 0.25) is 0 Å². The molecule has 0 spiro atoms. The fourth-order valence-corrected chi connectivity index (χ4v) is 1.17. The number of aryl methyl sites for hydroxylation is 1. The van der Waals surface area contributed by atoms with Crippen LogP contribution in [-0.2, 0) is 0 Å². The molecule has 0 aromatic carbocycles. The zero-order chi connectivity index (χ0) is 8.43. The third-order valence-electron chi connectivity index (χ3n) is 1.25. The Morgan fingerprint density at radius 1 is 1.67 bits per heavy atom. The van der Waals surface area contributed by atoms with Gasteiger partial charge in [0.1, 0.15) is 5.69 Å². The Bertz CT molecular complexity index is 287. The monoisotopic (exact) mass is 194 g/mol. The second kappa shape index (κ2) is 4.91. The van der Waals surface area contributed by atoms with Gasteiger partial charge in [-0.3, -0.25) is 0 Å². The van der Waals surface area contributed by atoms with Crippen LogP contribution in [0.15, 0.2) is 5.16 Å². The molecule has 0 saturated carbocycles. The SMILES string of the molecule is CSc1nc(C(=O)[O-])c(C)[nH]1.[Na+]. The molecule has 6 heteroatoms. The molecular weight excluding hydrogens is 187 g/mol. The first-order valence-electron chi connectivity index (χ1n) is 2.97. The van der Waals surface area contributed by atoms with Crippen molar-refractivity contribution in [3.8, 4) is 0 Å². The standard InChI is InChI=1S/C6H8N2O2S.Na/c1-3-4(5(9)10)8-6(7-3)11-2;/h1-2H3,(H,7,8)(H,9,10);/q;+1/p-1. The summed E-state index contributed by atoms with van der Waals surface area (Å²) in [6.45, 7) is 1.65. The molecule has 0 unspecified atom stereocenters. The van der Waals surface area contributed by atoms with E-state index in [0.29, 0.717) is 10.9 Å². The molecule has 1 aromatic rings. The molecule has 0 aliphatic heterocycles. The summed E-state index contributed by atoms with van der Waals surface area (Å²) in [7, 11) is 0. The normalized spacial score (nSPS) is 9.17. The van der Waals surface area contributed by atoms with Crippen molar-refractivity contribution in [1.29, 1.82) is 0 Å². The molecule has 4 nitrogen and oxygen atoms in total. The van der Waals surface area contributed by atoms with Crippen LogP contribution in [0.25, 0.3) is 0 Å². The number of hydrogen-bond donors (Lipinski definition) is 1. The summed E-state index contributed by atoms with van der Waals surface area (Å²) >= 11 is 1.36. The minimum Gasteiger partial charge on any atom is -0.543 e. The zero-order valence-corrected chi connectivity index (χ0v) is 9.99. The van der Waals surface area contributed by atoms with Crippen molar-refractivity contribution < 1.29 is 39.5 Å². The van der Waals surface area contributed by atoms with Crippen molar-refractivity contribution in [3.05, 3.63) is 11.4 Å². The van der Waals surface area contributed by atoms with Gasteiger partial charge in [-0.15, -0.1) is 0 Å². The van der Waals surface area contributed by atoms with Crippen molar-refractivity contribution >= 4 is 17.7 Å². The molecule has 0 atom stereocenters. The van der Waals surface area contributed by atoms with E-state index in [1.807, 2.05) is 6.26 Å². The fraction of sp³-hybridized carbons (Fsp3) is 0.333. The average molecular weight is 194 g/mol. The largest absolute Gasteiger partial charge is 1.00 e. The van der Waals surface area contributed by atoms with Crippen LogP contribution in [0, 0.1) is 6.92 Å². The van der Waals surface area contributed by atoms with Crippen molar-refractivity contribution in [3.63, 3.8) is 0 Å². The zero-order valence-electron chi connectivity index (χ0n) is 7.17. The average Bonchev–Trinajstić information content (AvgIpc) is 2.30. The molecule has 1 N–H and O–H groups in total. The van der Waals surface area contributed by atoms with Crippen molar-refractivity contribution in [2.45, 2.75) is 12.1 Å². The minimum absolute atomic E-state index is 0. The molecule has 1 aromatic heterocycles. The van der Waals surface area contributed by atoms with Crippen LogP contribution >= 0.6 is 11.8 Å². The Morgan fingerprint density at radius 3 is 2.50 bits per heavy atom. The van der Waals surface area contributed by atoms with E-state index in [9.17, 15) is 9.90 Å². The second-order valence-electron chi connectivity index (χ2n) is 2.01. The van der Waals surface area contributed by atoms with Gasteiger partial charge in [0.15, 0.2) is 5.16 Å². The number of carbonyl (C=O) groups is 1. The second-order valence-corrected chi connectivity index (χ2v) is 2.80. The predicted octanol–water partition coefficient (Wildman–Crippen LogP) is -3.19. The Labute approximate surface area is 96.4 Å². The van der Waals surface area contributed by atoms with E-state index in [1.165, 1.54) is 11.8 Å². The first-order chi connectivity index (χ1) is 5.15. The molecule has 0 aliphatic carbocycles. The molecule has 0 saturated heterocycles. The van der Waals surface area contributed by atoms with Gasteiger partial charge in [0, 0.05) is 5.69 Å². The van der Waals surface area contributed by atoms with Gasteiger partial charge >= 0.3 is 29.6 Å². The van der Waals surface area contributed by atoms with Crippen LogP contribution in [0.1, 0.15) is 16.2 Å². The van der Waals surface area contributed by atoms with Crippen LogP contribution < -0.4 is 34.7 Å². The molecule has 12 heavy (non-hydrogen) atoms. The fourth-order valence-electron chi connectivity index (χ4n) is 0.728. The molecular formula is C6H7N2NaO2S. The number of carbonyl (C=O) groups excluding carboxylic acids is 1. The number of thioether (sulfide) groups is 1. The Morgan fingerprint density at radius 2 is 2.25 bits per heavy atom. The number of aromatic amines is 1. The van der Waals surface area contributed by atoms with Gasteiger partial charge in [-0.2, -0.15) is 0 Å². The van der Waals surface area contributed by atoms with Crippen LogP contribution in [0.4, 0.5) is 0 Å². The quantitative estimate of drug-likeness (QED) is 0.398. The summed E-state index contributed by atoms with van der Waals surface area (Å²) in [6.07, 6.45) is 1.82. The number of carboxylic acid groups (broad SMARTS) is 1. The number of nitrogens with one attached hydrogen (secondary N) is 1. The maximum atomic E-state index is 10.3. The first-order valence-corrected chi connectivity index (χ1v) is 4.19. The van der Waals surface area contributed by atoms with Crippen molar-refractivity contribution in [1.82, 2.24) is 9.97 Å². The van der Waals surface area contributed by atoms with Crippen molar-refractivity contribution in [2.75, 3.05) is 6.26 Å². The molecule has 0 amide bonds. The number of aromatic carboxylic acids is 1. The van der Waals surface area contributed by atoms with Gasteiger partial charge in [-0.05, 0) is 13.2 Å². The van der Waals surface area contributed by atoms with Crippen LogP contribution in [0.5, 0.6) is 0 Å². The number of carboxylic acids is 1. The topological polar surface area (TPSA) is 68.8 Å². The van der Waals surface area contributed by atoms with E-state index in [4.69, 9.17) is 0 Å². The molecule has 60 valence electrons. The van der Waals surface area contributed by atoms with E-state index in [-0.39, 0.29) is 35.3 Å². The number of rotatable bonds is 2. The summed E-state index contributed by atoms with van der Waals surface area (Å²) < 4.78 is 0. The maximum absolute atomic E-state index is 10.3. The third-order valence-corrected chi connectivity index (χ3v) is 1.83. The summed E-state index contributed by atoms with van der Waals surface area (Å²) in [5, 5.41) is 10.9. The van der Waals surface area contributed by atoms with E-state index < -0.39 is 5.97 Å². The number of hydrogen-bond acceptors (Lipinski definition) is 4. The summed E-state index contributed by atoms with van der Waals surface area (Å²) in [5.74, 6) is -1.24. The maximum Gasteiger partial charge on any atom is 1.00 e. The Kier molecular flexibility index (Phi) is 4.92. The predicted molar refractivity (Wildman–Crippen MR) is 39.4 cm³/mol. The van der Waals surface area contributed by atoms with Gasteiger partial charge < -0.3 is 14.9 Å². The smallest absolute Gasteiger partial charge is 0.543 e. The van der Waals surface area contributed by atoms with Crippen molar-refractivity contribution in [2.24, 2.45) is 0 Å². The summed E-state index contributed by atoms with van der Waals surface area (Å²) in [4.78, 5) is 16.9. The third kappa shape index (κ3) is 2.52. The molecule has 0 aliphatic rings. The van der Waals surface area contributed by atoms with E-state index in [0.717, 1.165) is 0 Å². The van der Waals surface area contributed by atoms with E-state index >= 15 is 0 Å². The van der Waals surface area contributed by atoms with E-state index in [1.54, 1.807) is 6.92 Å². The molecule has 0 bridgehead atoms. The van der Waals surface area contributed by atoms with Crippen LogP contribution in [0.3, 0.4) is 0 Å². The Balaban J connectivity index is 0.00000121. The van der Waals surface area contributed by atoms with Crippen LogP contribution in [-0.4, -0.2) is 22.2 Å². The van der Waals surface area contributed by atoms with Gasteiger partial charge in [-0.25, -0.2) is 4.98 Å². The summed E-state index contributed by atoms with van der Waals surface area (Å²) in [5.41, 5.74) is 0.531. The molecule has 1 rings (SSSR count). The van der Waals surface area contributed by atoms with E-state index in [2.05, 4.69) is 9.97 Å².